The standard InChI is InChI=1S/C22H23ClN2O3.C19H14F3N3O2S/c1-21(2)19(25-18(27)13-5-8-15(26)9-6-13)22(3,4)20(21)28-16-10-7-14(12-24)17(23)11-16;1-18(2)16(27)24(17(28)25(18)12-5-7-14(26)8-6-12)13-4-3-11(10-23)15(9-13)19(20,21)22/h5-11,19-20,26H,1-4H3,(H,25,27);3-9,26H,1-2H3. The highest BCUT2D eigenvalue weighted by atomic mass is 35.5. The van der Waals surface area contributed by atoms with Crippen molar-refractivity contribution >= 4 is 52.1 Å². The van der Waals surface area contributed by atoms with Gasteiger partial charge in [-0.3, -0.25) is 14.5 Å². The molecule has 0 radical (unpaired) electrons. The number of carbonyl (C=O) groups is 2. The molecular weight excluding hydrogens is 767 g/mol. The van der Waals surface area contributed by atoms with E-state index in [-0.39, 0.29) is 51.2 Å². The number of ether oxygens (including phenoxy) is 1. The molecule has 1 aliphatic carbocycles. The average Bonchev–Trinajstić information content (AvgIpc) is 3.31. The summed E-state index contributed by atoms with van der Waals surface area (Å²) >= 11 is 11.5. The number of amides is 2. The number of nitrogens with zero attached hydrogens (tertiary/aromatic N) is 4. The van der Waals surface area contributed by atoms with Crippen LogP contribution in [0.3, 0.4) is 0 Å². The molecule has 0 bridgehead atoms. The molecule has 4 aromatic carbocycles. The summed E-state index contributed by atoms with van der Waals surface area (Å²) in [6, 6.07) is 23.6. The van der Waals surface area contributed by atoms with Crippen molar-refractivity contribution in [3.05, 3.63) is 112 Å². The van der Waals surface area contributed by atoms with Gasteiger partial charge in [-0.2, -0.15) is 23.7 Å². The molecule has 0 spiro atoms. The highest BCUT2D eigenvalue weighted by molar-refractivity contribution is 7.81. The third-order valence-corrected chi connectivity index (χ3v) is 10.7. The first-order chi connectivity index (χ1) is 26.0. The Morgan fingerprint density at radius 2 is 1.36 bits per heavy atom. The quantitative estimate of drug-likeness (QED) is 0.163. The van der Waals surface area contributed by atoms with E-state index in [0.717, 1.165) is 17.0 Å². The number of phenolic OH excluding ortho intramolecular Hbond substituents is 2. The minimum atomic E-state index is -4.75. The van der Waals surface area contributed by atoms with Gasteiger partial charge < -0.3 is 25.2 Å². The number of thiocarbonyl (C=S) groups is 1. The lowest BCUT2D eigenvalue weighted by molar-refractivity contribution is -0.164. The van der Waals surface area contributed by atoms with Crippen molar-refractivity contribution in [2.24, 2.45) is 10.8 Å². The van der Waals surface area contributed by atoms with Crippen LogP contribution in [0.2, 0.25) is 5.02 Å². The van der Waals surface area contributed by atoms with E-state index in [2.05, 4.69) is 33.0 Å². The molecule has 0 unspecified atom stereocenters. The maximum atomic E-state index is 13.3. The zero-order valence-corrected chi connectivity index (χ0v) is 32.6. The van der Waals surface area contributed by atoms with Crippen LogP contribution in [0, 0.1) is 33.5 Å². The Bertz CT molecular complexity index is 2270. The van der Waals surface area contributed by atoms with Crippen LogP contribution in [0.5, 0.6) is 17.2 Å². The normalized spacial score (nSPS) is 19.1. The topological polar surface area (TPSA) is 150 Å². The summed E-state index contributed by atoms with van der Waals surface area (Å²) in [6.45, 7) is 11.4. The van der Waals surface area contributed by atoms with Crippen LogP contribution >= 0.6 is 23.8 Å². The Kier molecular flexibility index (Phi) is 11.1. The molecule has 56 heavy (non-hydrogen) atoms. The second-order valence-corrected chi connectivity index (χ2v) is 15.8. The lowest BCUT2D eigenvalue weighted by atomic mass is 9.49. The highest BCUT2D eigenvalue weighted by Gasteiger charge is 2.64. The van der Waals surface area contributed by atoms with E-state index in [1.807, 2.05) is 6.07 Å². The first-order valence-corrected chi connectivity index (χ1v) is 17.9. The SMILES string of the molecule is CC1(C)C(=O)N(c2ccc(C#N)c(C(F)(F)F)c2)C(=S)N1c1ccc(O)cc1.CC1(C)C(NC(=O)c2ccc(O)cc2)C(C)(C)C1Oc1ccc(C#N)c(Cl)c1. The smallest absolute Gasteiger partial charge is 0.417 e. The fourth-order valence-corrected chi connectivity index (χ4v) is 8.22. The lowest BCUT2D eigenvalue weighted by Crippen LogP contribution is -2.74. The minimum absolute atomic E-state index is 0.00137. The zero-order chi connectivity index (χ0) is 41.5. The maximum Gasteiger partial charge on any atom is 0.417 e. The number of hydrogen-bond acceptors (Lipinski definition) is 8. The Labute approximate surface area is 332 Å². The molecule has 1 saturated carbocycles. The number of carbonyl (C=O) groups excluding carboxylic acids is 2. The van der Waals surface area contributed by atoms with Gasteiger partial charge in [-0.1, -0.05) is 39.3 Å². The van der Waals surface area contributed by atoms with E-state index >= 15 is 0 Å². The Balaban J connectivity index is 0.000000214. The number of nitriles is 2. The number of alkyl halides is 3. The fraction of sp³-hybridized carbons (Fsp3) is 0.293. The van der Waals surface area contributed by atoms with Crippen LogP contribution < -0.4 is 19.9 Å². The van der Waals surface area contributed by atoms with Gasteiger partial charge in [-0.15, -0.1) is 0 Å². The molecule has 0 aromatic heterocycles. The van der Waals surface area contributed by atoms with Crippen LogP contribution in [0.25, 0.3) is 0 Å². The van der Waals surface area contributed by atoms with Gasteiger partial charge in [0.1, 0.15) is 35.0 Å². The number of nitrogens with one attached hydrogen (secondary N) is 1. The van der Waals surface area contributed by atoms with Crippen molar-refractivity contribution in [1.29, 1.82) is 10.5 Å². The lowest BCUT2D eigenvalue weighted by Gasteiger charge is -2.63. The van der Waals surface area contributed by atoms with Crippen LogP contribution in [0.1, 0.15) is 68.6 Å². The van der Waals surface area contributed by atoms with Crippen LogP contribution in [0.4, 0.5) is 24.5 Å². The molecule has 2 amide bonds. The summed E-state index contributed by atoms with van der Waals surface area (Å²) in [4.78, 5) is 28.2. The third-order valence-electron chi connectivity index (χ3n) is 10.0. The van der Waals surface area contributed by atoms with E-state index in [0.29, 0.717) is 27.6 Å². The van der Waals surface area contributed by atoms with Crippen molar-refractivity contribution in [2.45, 2.75) is 65.4 Å². The average molecular weight is 804 g/mol. The third kappa shape index (κ3) is 7.68. The molecule has 1 heterocycles. The van der Waals surface area contributed by atoms with Crippen LogP contribution in [-0.2, 0) is 11.0 Å². The number of halogens is 4. The monoisotopic (exact) mass is 803 g/mol. The molecule has 15 heteroatoms. The van der Waals surface area contributed by atoms with Crippen LogP contribution in [-0.4, -0.2) is 44.8 Å². The molecule has 2 fully saturated rings. The van der Waals surface area contributed by atoms with E-state index in [1.54, 1.807) is 56.3 Å². The molecule has 10 nitrogen and oxygen atoms in total. The van der Waals surface area contributed by atoms with Crippen molar-refractivity contribution < 1.29 is 37.7 Å². The number of anilines is 2. The second kappa shape index (κ2) is 15.0. The van der Waals surface area contributed by atoms with E-state index in [9.17, 15) is 33.0 Å². The highest BCUT2D eigenvalue weighted by Crippen LogP contribution is 2.55. The molecule has 0 atom stereocenters. The molecule has 6 rings (SSSR count). The molecule has 3 N–H and O–H groups in total. The summed E-state index contributed by atoms with van der Waals surface area (Å²) in [5.41, 5.74) is -2.16. The number of rotatable bonds is 6. The molecule has 2 aliphatic rings. The molecule has 290 valence electrons. The van der Waals surface area contributed by atoms with Gasteiger partial charge in [0.05, 0.1) is 33.5 Å². The van der Waals surface area contributed by atoms with Gasteiger partial charge in [0.15, 0.2) is 5.11 Å². The van der Waals surface area contributed by atoms with Gasteiger partial charge in [-0.25, -0.2) is 0 Å². The summed E-state index contributed by atoms with van der Waals surface area (Å²) < 4.78 is 46.1. The second-order valence-electron chi connectivity index (χ2n) is 15.0. The predicted molar refractivity (Wildman–Crippen MR) is 208 cm³/mol. The number of aromatic hydroxyl groups is 2. The zero-order valence-electron chi connectivity index (χ0n) is 31.1. The number of phenols is 2. The van der Waals surface area contributed by atoms with Gasteiger partial charge >= 0.3 is 6.18 Å². The first-order valence-electron chi connectivity index (χ1n) is 17.1. The molecule has 4 aromatic rings. The fourth-order valence-electron chi connectivity index (χ4n) is 7.48. The summed E-state index contributed by atoms with van der Waals surface area (Å²) in [5.74, 6) is 0.0417. The van der Waals surface area contributed by atoms with Crippen LogP contribution in [0.15, 0.2) is 84.9 Å². The van der Waals surface area contributed by atoms with Crippen molar-refractivity contribution in [1.82, 2.24) is 5.32 Å². The maximum absolute atomic E-state index is 13.3. The van der Waals surface area contributed by atoms with Gasteiger partial charge in [-0.05, 0) is 105 Å². The van der Waals surface area contributed by atoms with E-state index in [1.165, 1.54) is 41.3 Å². The van der Waals surface area contributed by atoms with Crippen molar-refractivity contribution in [3.63, 3.8) is 0 Å². The van der Waals surface area contributed by atoms with E-state index < -0.39 is 28.7 Å². The summed E-state index contributed by atoms with van der Waals surface area (Å²) in [6.07, 6.45) is -4.91. The Morgan fingerprint density at radius 1 is 0.839 bits per heavy atom. The van der Waals surface area contributed by atoms with Crippen molar-refractivity contribution in [3.8, 4) is 29.4 Å². The van der Waals surface area contributed by atoms with E-state index in [4.69, 9.17) is 39.1 Å². The Morgan fingerprint density at radius 3 is 1.88 bits per heavy atom. The molecule has 1 saturated heterocycles. The molecular formula is C41H37ClF3N5O5S. The Hall–Kier alpha value is -5.83. The largest absolute Gasteiger partial charge is 0.508 e. The summed E-state index contributed by atoms with van der Waals surface area (Å²) in [5, 5.41) is 40.3. The van der Waals surface area contributed by atoms with Crippen molar-refractivity contribution in [2.75, 3.05) is 9.80 Å². The minimum Gasteiger partial charge on any atom is -0.508 e. The summed E-state index contributed by atoms with van der Waals surface area (Å²) in [7, 11) is 0. The van der Waals surface area contributed by atoms with Gasteiger partial charge in [0.25, 0.3) is 11.8 Å². The predicted octanol–water partition coefficient (Wildman–Crippen LogP) is 8.73. The number of hydrogen-bond donors (Lipinski definition) is 3. The first kappa shape index (κ1) is 41.3. The van der Waals surface area contributed by atoms with Gasteiger partial charge in [0, 0.05) is 34.2 Å². The number of benzene rings is 4. The molecule has 1 aliphatic heterocycles. The van der Waals surface area contributed by atoms with Gasteiger partial charge in [0.2, 0.25) is 0 Å².